The fraction of sp³-hybridized carbons (Fsp3) is 0.750. The topological polar surface area (TPSA) is 95.4 Å². The minimum atomic E-state index is -0.556. The predicted octanol–water partition coefficient (Wildman–Crippen LogP) is 2.90. The Balaban J connectivity index is 1.75. The van der Waals surface area contributed by atoms with Gasteiger partial charge in [-0.15, -0.1) is 0 Å². The third-order valence-corrected chi connectivity index (χ3v) is 8.11. The van der Waals surface area contributed by atoms with Crippen LogP contribution >= 0.6 is 0 Å². The van der Waals surface area contributed by atoms with Gasteiger partial charge in [0, 0.05) is 37.4 Å². The maximum absolute atomic E-state index is 13.0. The van der Waals surface area contributed by atoms with Crippen molar-refractivity contribution in [2.75, 3.05) is 13.1 Å². The molecular formula is C24H38N4O3. The molecule has 7 heteroatoms. The fourth-order valence-electron chi connectivity index (χ4n) is 6.16. The van der Waals surface area contributed by atoms with Gasteiger partial charge < -0.3 is 15.3 Å². The van der Waals surface area contributed by atoms with E-state index in [4.69, 9.17) is 0 Å². The van der Waals surface area contributed by atoms with Crippen LogP contribution in [-0.4, -0.2) is 57.0 Å². The van der Waals surface area contributed by atoms with Crippen molar-refractivity contribution in [1.82, 2.24) is 20.2 Å². The lowest BCUT2D eigenvalue weighted by molar-refractivity contribution is -0.149. The van der Waals surface area contributed by atoms with Crippen LogP contribution in [0, 0.1) is 29.1 Å². The Hall–Kier alpha value is -2.02. The average Bonchev–Trinajstić information content (AvgIpc) is 2.76. The zero-order valence-corrected chi connectivity index (χ0v) is 19.5. The molecule has 2 aliphatic rings. The van der Waals surface area contributed by atoms with Gasteiger partial charge in [0.05, 0.1) is 12.3 Å². The van der Waals surface area contributed by atoms with Crippen molar-refractivity contribution in [2.45, 2.75) is 72.4 Å². The van der Waals surface area contributed by atoms with Gasteiger partial charge in [-0.25, -0.2) is 4.98 Å². The lowest BCUT2D eigenvalue weighted by Crippen LogP contribution is -2.58. The highest BCUT2D eigenvalue weighted by molar-refractivity contribution is 5.92. The number of aliphatic hydroxyl groups excluding tert-OH is 1. The minimum Gasteiger partial charge on any atom is -0.392 e. The molecule has 3 rings (SSSR count). The molecule has 0 aromatic carbocycles. The first-order valence-electron chi connectivity index (χ1n) is 11.8. The first-order valence-corrected chi connectivity index (χ1v) is 11.8. The Morgan fingerprint density at radius 1 is 1.26 bits per heavy atom. The van der Waals surface area contributed by atoms with E-state index in [9.17, 15) is 14.7 Å². The lowest BCUT2D eigenvalue weighted by Gasteiger charge is -2.56. The van der Waals surface area contributed by atoms with Gasteiger partial charge in [-0.05, 0) is 62.7 Å². The summed E-state index contributed by atoms with van der Waals surface area (Å²) in [7, 11) is 0. The number of hydrogen-bond donors (Lipinski definition) is 2. The zero-order chi connectivity index (χ0) is 22.8. The quantitative estimate of drug-likeness (QED) is 0.724. The number of carbonyl (C=O) groups excluding carboxylic acids is 2. The van der Waals surface area contributed by atoms with E-state index in [2.05, 4.69) is 29.1 Å². The molecule has 1 heterocycles. The molecule has 0 aliphatic heterocycles. The summed E-state index contributed by atoms with van der Waals surface area (Å²) in [5.74, 6) is -0.203. The van der Waals surface area contributed by atoms with Crippen LogP contribution in [0.1, 0.15) is 70.8 Å². The summed E-state index contributed by atoms with van der Waals surface area (Å²) < 4.78 is 0. The third-order valence-electron chi connectivity index (χ3n) is 8.11. The molecule has 172 valence electrons. The second-order valence-corrected chi connectivity index (χ2v) is 9.74. The predicted molar refractivity (Wildman–Crippen MR) is 119 cm³/mol. The largest absolute Gasteiger partial charge is 0.392 e. The molecule has 1 aromatic heterocycles. The summed E-state index contributed by atoms with van der Waals surface area (Å²) in [4.78, 5) is 35.6. The lowest BCUT2D eigenvalue weighted by atomic mass is 9.51. The van der Waals surface area contributed by atoms with E-state index < -0.39 is 6.10 Å². The highest BCUT2D eigenvalue weighted by atomic mass is 16.3. The first kappa shape index (κ1) is 23.6. The van der Waals surface area contributed by atoms with E-state index in [1.165, 1.54) is 12.4 Å². The highest BCUT2D eigenvalue weighted by Crippen LogP contribution is 2.55. The standard InChI is InChI=1S/C24H38N4O3/c1-6-28(7-2)23(31)15(3)17-8-10-24(5)11-9-18(16(4)20(24)21(17)29)27-22(30)19-14-25-12-13-26-19/h12-18,20-21,29H,6-11H2,1-5H3,(H,27,30)/t15-,16+,17-,18-,20+,21-,24-/m0/s1. The van der Waals surface area contributed by atoms with E-state index in [1.807, 2.05) is 25.7 Å². The molecule has 2 fully saturated rings. The number of aliphatic hydroxyl groups is 1. The third kappa shape index (κ3) is 4.61. The number of fused-ring (bicyclic) bond motifs is 1. The van der Waals surface area contributed by atoms with Crippen LogP contribution in [0.4, 0.5) is 0 Å². The van der Waals surface area contributed by atoms with Gasteiger partial charge in [-0.2, -0.15) is 0 Å². The maximum Gasteiger partial charge on any atom is 0.271 e. The molecule has 0 radical (unpaired) electrons. The molecule has 0 saturated heterocycles. The molecule has 0 bridgehead atoms. The van der Waals surface area contributed by atoms with Crippen LogP contribution in [0.15, 0.2) is 18.6 Å². The number of carbonyl (C=O) groups is 2. The molecule has 0 unspecified atom stereocenters. The average molecular weight is 431 g/mol. The summed E-state index contributed by atoms with van der Waals surface area (Å²) >= 11 is 0. The van der Waals surface area contributed by atoms with Gasteiger partial charge in [-0.1, -0.05) is 20.8 Å². The van der Waals surface area contributed by atoms with Crippen LogP contribution in [0.3, 0.4) is 0 Å². The number of nitrogens with zero attached hydrogens (tertiary/aromatic N) is 3. The molecule has 2 saturated carbocycles. The molecular weight excluding hydrogens is 392 g/mol. The first-order chi connectivity index (χ1) is 14.7. The van der Waals surface area contributed by atoms with Crippen molar-refractivity contribution in [2.24, 2.45) is 29.1 Å². The summed E-state index contributed by atoms with van der Waals surface area (Å²) in [6.07, 6.45) is 7.68. The van der Waals surface area contributed by atoms with Gasteiger partial charge >= 0.3 is 0 Å². The van der Waals surface area contributed by atoms with Gasteiger partial charge in [0.25, 0.3) is 5.91 Å². The van der Waals surface area contributed by atoms with Crippen LogP contribution < -0.4 is 5.32 Å². The Kier molecular flexibility index (Phi) is 7.35. The summed E-state index contributed by atoms with van der Waals surface area (Å²) in [6, 6.07) is -0.0326. The van der Waals surface area contributed by atoms with Crippen molar-refractivity contribution < 1.29 is 14.7 Å². The monoisotopic (exact) mass is 430 g/mol. The van der Waals surface area contributed by atoms with Crippen molar-refractivity contribution in [3.63, 3.8) is 0 Å². The van der Waals surface area contributed by atoms with E-state index in [-0.39, 0.29) is 46.9 Å². The fourth-order valence-corrected chi connectivity index (χ4v) is 6.16. The summed E-state index contributed by atoms with van der Waals surface area (Å²) in [5.41, 5.74) is 0.338. The SMILES string of the molecule is CCN(CC)C(=O)[C@@H](C)[C@@H]1CC[C@@]2(C)CC[C@H](NC(=O)c3cnccn3)[C@@H](C)[C@@H]2[C@H]1O. The normalized spacial score (nSPS) is 33.8. The van der Waals surface area contributed by atoms with E-state index in [0.29, 0.717) is 18.8 Å². The van der Waals surface area contributed by atoms with E-state index in [1.54, 1.807) is 6.20 Å². The van der Waals surface area contributed by atoms with Gasteiger partial charge in [-0.3, -0.25) is 14.6 Å². The second-order valence-electron chi connectivity index (χ2n) is 9.74. The number of nitrogens with one attached hydrogen (secondary N) is 1. The highest BCUT2D eigenvalue weighted by Gasteiger charge is 2.54. The zero-order valence-electron chi connectivity index (χ0n) is 19.5. The van der Waals surface area contributed by atoms with Crippen molar-refractivity contribution in [3.05, 3.63) is 24.3 Å². The summed E-state index contributed by atoms with van der Waals surface area (Å²) in [6.45, 7) is 11.7. The molecule has 2 N–H and O–H groups in total. The molecule has 31 heavy (non-hydrogen) atoms. The van der Waals surface area contributed by atoms with Crippen molar-refractivity contribution >= 4 is 11.8 Å². The van der Waals surface area contributed by atoms with Crippen LogP contribution in [0.2, 0.25) is 0 Å². The van der Waals surface area contributed by atoms with Gasteiger partial charge in [0.1, 0.15) is 5.69 Å². The van der Waals surface area contributed by atoms with Gasteiger partial charge in [0.15, 0.2) is 0 Å². The van der Waals surface area contributed by atoms with Crippen molar-refractivity contribution in [3.8, 4) is 0 Å². The number of hydrogen-bond acceptors (Lipinski definition) is 5. The summed E-state index contributed by atoms with van der Waals surface area (Å²) in [5, 5.41) is 14.6. The maximum atomic E-state index is 13.0. The van der Waals surface area contributed by atoms with Crippen LogP contribution in [0.25, 0.3) is 0 Å². The van der Waals surface area contributed by atoms with Crippen LogP contribution in [0.5, 0.6) is 0 Å². The Morgan fingerprint density at radius 2 is 1.94 bits per heavy atom. The molecule has 1 aromatic rings. The number of rotatable bonds is 6. The molecule has 7 atom stereocenters. The second kappa shape index (κ2) is 9.63. The number of amides is 2. The van der Waals surface area contributed by atoms with Crippen molar-refractivity contribution in [1.29, 1.82) is 0 Å². The molecule has 2 aliphatic carbocycles. The van der Waals surface area contributed by atoms with Crippen LogP contribution in [-0.2, 0) is 4.79 Å². The Bertz CT molecular complexity index is 769. The Morgan fingerprint density at radius 3 is 2.55 bits per heavy atom. The van der Waals surface area contributed by atoms with E-state index >= 15 is 0 Å². The molecule has 2 amide bonds. The Labute approximate surface area is 186 Å². The number of aromatic nitrogens is 2. The molecule has 7 nitrogen and oxygen atoms in total. The van der Waals surface area contributed by atoms with Gasteiger partial charge in [0.2, 0.25) is 5.91 Å². The molecule has 0 spiro atoms. The van der Waals surface area contributed by atoms with E-state index in [0.717, 1.165) is 25.7 Å². The minimum absolute atomic E-state index is 0.0288. The smallest absolute Gasteiger partial charge is 0.271 e.